The van der Waals surface area contributed by atoms with Gasteiger partial charge in [-0.3, -0.25) is 4.79 Å². The van der Waals surface area contributed by atoms with Crippen LogP contribution < -0.4 is 4.90 Å². The smallest absolute Gasteiger partial charge is 0.191 e. The zero-order valence-corrected chi connectivity index (χ0v) is 16.5. The Morgan fingerprint density at radius 3 is 2.77 bits per heavy atom. The monoisotopic (exact) mass is 368 g/mol. The molecule has 1 aromatic carbocycles. The van der Waals surface area contributed by atoms with E-state index in [0.717, 1.165) is 10.9 Å². The van der Waals surface area contributed by atoms with Crippen molar-refractivity contribution in [1.29, 1.82) is 0 Å². The predicted octanol–water partition coefficient (Wildman–Crippen LogP) is 3.97. The topological polar surface area (TPSA) is 51.0 Å². The van der Waals surface area contributed by atoms with Gasteiger partial charge < -0.3 is 9.47 Å². The van der Waals surface area contributed by atoms with E-state index in [4.69, 9.17) is 0 Å². The number of likely N-dealkylation sites (N-methyl/N-ethyl adjacent to an activating group) is 1. The van der Waals surface area contributed by atoms with E-state index in [1.807, 2.05) is 26.1 Å². The predicted molar refractivity (Wildman–Crippen MR) is 105 cm³/mol. The molecule has 1 aromatic heterocycles. The van der Waals surface area contributed by atoms with E-state index in [1.165, 1.54) is 35.9 Å². The van der Waals surface area contributed by atoms with Crippen molar-refractivity contribution in [2.45, 2.75) is 55.5 Å². The Kier molecular flexibility index (Phi) is 4.18. The van der Waals surface area contributed by atoms with Crippen LogP contribution in [0.1, 0.15) is 45.2 Å². The summed E-state index contributed by atoms with van der Waals surface area (Å²) >= 11 is 1.50. The average Bonchev–Trinajstić information content (AvgIpc) is 3.33. The molecule has 0 saturated heterocycles. The second kappa shape index (κ2) is 6.27. The minimum atomic E-state index is -0.197. The molecular weight excluding hydrogens is 344 g/mol. The molecule has 1 atom stereocenters. The van der Waals surface area contributed by atoms with Crippen LogP contribution in [0.4, 0.5) is 5.69 Å². The Balaban J connectivity index is 1.56. The lowest BCUT2D eigenvalue weighted by molar-refractivity contribution is -0.114. The van der Waals surface area contributed by atoms with Gasteiger partial charge in [-0.05, 0) is 31.4 Å². The number of hydrogen-bond donors (Lipinski definition) is 0. The summed E-state index contributed by atoms with van der Waals surface area (Å²) in [5.74, 6) is 0.114. The fraction of sp³-hybridized carbons (Fsp3) is 0.450. The molecule has 1 aliphatic heterocycles. The molecule has 6 heteroatoms. The number of allylic oxidation sites excluding steroid dienone is 2. The number of thioether (sulfide) groups is 1. The first-order valence-corrected chi connectivity index (χ1v) is 9.93. The van der Waals surface area contributed by atoms with Gasteiger partial charge in [-0.1, -0.05) is 43.8 Å². The summed E-state index contributed by atoms with van der Waals surface area (Å²) in [6.07, 6.45) is 5.94. The van der Waals surface area contributed by atoms with Crippen molar-refractivity contribution in [2.24, 2.45) is 0 Å². The number of anilines is 1. The van der Waals surface area contributed by atoms with Crippen molar-refractivity contribution < 1.29 is 4.79 Å². The first-order chi connectivity index (χ1) is 12.4. The Morgan fingerprint density at radius 1 is 1.35 bits per heavy atom. The summed E-state index contributed by atoms with van der Waals surface area (Å²) in [5.41, 5.74) is 3.29. The van der Waals surface area contributed by atoms with E-state index in [0.29, 0.717) is 6.04 Å². The molecule has 1 aliphatic carbocycles. The second-order valence-corrected chi connectivity index (χ2v) is 8.95. The zero-order chi connectivity index (χ0) is 18.5. The van der Waals surface area contributed by atoms with E-state index < -0.39 is 0 Å². The van der Waals surface area contributed by atoms with Crippen LogP contribution in [0.25, 0.3) is 0 Å². The number of nitrogens with zero attached hydrogens (tertiary/aromatic N) is 4. The summed E-state index contributed by atoms with van der Waals surface area (Å²) in [4.78, 5) is 15.1. The maximum atomic E-state index is 12.9. The lowest BCUT2D eigenvalue weighted by Gasteiger charge is -2.24. The average molecular weight is 369 g/mol. The molecule has 5 nitrogen and oxygen atoms in total. The van der Waals surface area contributed by atoms with Crippen molar-refractivity contribution in [3.05, 3.63) is 47.9 Å². The molecule has 0 N–H and O–H groups in total. The molecular formula is C20H24N4OS. The van der Waals surface area contributed by atoms with Crippen LogP contribution in [0.5, 0.6) is 0 Å². The Hall–Kier alpha value is -2.08. The molecule has 136 valence electrons. The van der Waals surface area contributed by atoms with Gasteiger partial charge in [0.2, 0.25) is 0 Å². The highest BCUT2D eigenvalue weighted by molar-refractivity contribution is 8.00. The van der Waals surface area contributed by atoms with Crippen LogP contribution in [0.3, 0.4) is 0 Å². The lowest BCUT2D eigenvalue weighted by Crippen LogP contribution is -2.25. The Bertz CT molecular complexity index is 881. The van der Waals surface area contributed by atoms with E-state index in [1.54, 1.807) is 6.33 Å². The number of para-hydroxylation sites is 1. The number of hydrogen-bond acceptors (Lipinski definition) is 5. The van der Waals surface area contributed by atoms with Gasteiger partial charge >= 0.3 is 0 Å². The van der Waals surface area contributed by atoms with Crippen LogP contribution in [-0.2, 0) is 10.2 Å². The van der Waals surface area contributed by atoms with Gasteiger partial charge in [0.25, 0.3) is 0 Å². The maximum Gasteiger partial charge on any atom is 0.191 e. The van der Waals surface area contributed by atoms with Gasteiger partial charge in [0, 0.05) is 36.0 Å². The molecule has 2 aliphatic rings. The second-order valence-electron chi connectivity index (χ2n) is 7.65. The summed E-state index contributed by atoms with van der Waals surface area (Å²) in [6.45, 7) is 6.30. The fourth-order valence-corrected chi connectivity index (χ4v) is 4.56. The van der Waals surface area contributed by atoms with Crippen molar-refractivity contribution >= 4 is 23.2 Å². The molecule has 1 saturated carbocycles. The number of carbonyl (C=O) groups is 1. The van der Waals surface area contributed by atoms with Crippen LogP contribution in [0, 0.1) is 0 Å². The third-order valence-corrected chi connectivity index (χ3v) is 6.47. The third-order valence-electron chi connectivity index (χ3n) is 5.38. The van der Waals surface area contributed by atoms with E-state index in [2.05, 4.69) is 51.7 Å². The Morgan fingerprint density at radius 2 is 2.08 bits per heavy atom. The summed E-state index contributed by atoms with van der Waals surface area (Å²) in [5, 5.41) is 8.86. The lowest BCUT2D eigenvalue weighted by atomic mass is 9.83. The maximum absolute atomic E-state index is 12.9. The molecule has 26 heavy (non-hydrogen) atoms. The van der Waals surface area contributed by atoms with Gasteiger partial charge in [0.15, 0.2) is 10.9 Å². The van der Waals surface area contributed by atoms with Crippen LogP contribution in [0.2, 0.25) is 0 Å². The number of benzene rings is 1. The van der Waals surface area contributed by atoms with E-state index >= 15 is 0 Å². The highest BCUT2D eigenvalue weighted by atomic mass is 32.2. The van der Waals surface area contributed by atoms with E-state index in [9.17, 15) is 4.79 Å². The third kappa shape index (κ3) is 2.86. The van der Waals surface area contributed by atoms with Crippen molar-refractivity contribution in [1.82, 2.24) is 14.8 Å². The van der Waals surface area contributed by atoms with Gasteiger partial charge in [-0.15, -0.1) is 10.2 Å². The highest BCUT2D eigenvalue weighted by Crippen LogP contribution is 2.46. The molecule has 0 spiro atoms. The minimum absolute atomic E-state index is 0.114. The van der Waals surface area contributed by atoms with Crippen molar-refractivity contribution in [3.63, 3.8) is 0 Å². The molecule has 0 amide bonds. The number of ketones is 1. The quantitative estimate of drug-likeness (QED) is 0.590. The SMILES string of the molecule is CC(Sc1nncn1C1CC1)C(=O)/C=C1\N(C)c2ccccc2C1(C)C. The van der Waals surface area contributed by atoms with E-state index in [-0.39, 0.29) is 16.4 Å². The number of rotatable bonds is 5. The number of carbonyl (C=O) groups excluding carboxylic acids is 1. The first kappa shape index (κ1) is 17.3. The molecule has 2 heterocycles. The highest BCUT2D eigenvalue weighted by Gasteiger charge is 2.39. The first-order valence-electron chi connectivity index (χ1n) is 9.05. The van der Waals surface area contributed by atoms with Gasteiger partial charge in [-0.2, -0.15) is 0 Å². The molecule has 0 bridgehead atoms. The van der Waals surface area contributed by atoms with Gasteiger partial charge in [0.1, 0.15) is 6.33 Å². The van der Waals surface area contributed by atoms with Gasteiger partial charge in [-0.25, -0.2) is 0 Å². The van der Waals surface area contributed by atoms with Crippen molar-refractivity contribution in [3.8, 4) is 0 Å². The van der Waals surface area contributed by atoms with Gasteiger partial charge in [0.05, 0.1) is 5.25 Å². The normalized spacial score (nSPS) is 21.1. The molecule has 0 radical (unpaired) electrons. The molecule has 1 fully saturated rings. The standard InChI is InChI=1S/C20H24N4OS/c1-13(26-19-22-21-12-24(19)14-9-10-14)17(25)11-18-20(2,3)15-7-5-6-8-16(15)23(18)4/h5-8,11-14H,9-10H2,1-4H3/b18-11-. The molecule has 2 aromatic rings. The van der Waals surface area contributed by atoms with Crippen LogP contribution in [-0.4, -0.2) is 32.8 Å². The summed E-state index contributed by atoms with van der Waals surface area (Å²) in [6, 6.07) is 8.87. The largest absolute Gasteiger partial charge is 0.347 e. The number of aromatic nitrogens is 3. The molecule has 1 unspecified atom stereocenters. The van der Waals surface area contributed by atoms with Crippen LogP contribution in [0.15, 0.2) is 47.5 Å². The minimum Gasteiger partial charge on any atom is -0.347 e. The zero-order valence-electron chi connectivity index (χ0n) is 15.6. The van der Waals surface area contributed by atoms with Crippen LogP contribution >= 0.6 is 11.8 Å². The van der Waals surface area contributed by atoms with Crippen molar-refractivity contribution in [2.75, 3.05) is 11.9 Å². The Labute approximate surface area is 158 Å². The summed E-state index contributed by atoms with van der Waals surface area (Å²) in [7, 11) is 2.04. The fourth-order valence-electron chi connectivity index (χ4n) is 3.65. The molecule has 4 rings (SSSR count). The summed E-state index contributed by atoms with van der Waals surface area (Å²) < 4.78 is 2.10. The number of fused-ring (bicyclic) bond motifs is 1.